The lowest BCUT2D eigenvalue weighted by molar-refractivity contribution is -0.134. The van der Waals surface area contributed by atoms with Crippen LogP contribution in [-0.4, -0.2) is 69.5 Å². The third kappa shape index (κ3) is 3.11. The fourth-order valence-corrected chi connectivity index (χ4v) is 3.46. The first kappa shape index (κ1) is 15.5. The van der Waals surface area contributed by atoms with Gasteiger partial charge in [0.05, 0.1) is 11.8 Å². The molecule has 0 spiro atoms. The van der Waals surface area contributed by atoms with Gasteiger partial charge in [-0.05, 0) is 45.0 Å². The maximum Gasteiger partial charge on any atom is 0.246 e. The van der Waals surface area contributed by atoms with E-state index in [4.69, 9.17) is 4.74 Å². The lowest BCUT2D eigenvalue weighted by atomic mass is 9.96. The normalized spacial score (nSPS) is 23.5. The van der Waals surface area contributed by atoms with Gasteiger partial charge >= 0.3 is 0 Å². The molecular weight excluding hydrogens is 308 g/mol. The van der Waals surface area contributed by atoms with Crippen molar-refractivity contribution in [2.45, 2.75) is 31.8 Å². The van der Waals surface area contributed by atoms with E-state index in [1.807, 2.05) is 23.6 Å². The molecule has 4 rings (SSSR count). The lowest BCUT2D eigenvalue weighted by Crippen LogP contribution is -2.49. The van der Waals surface area contributed by atoms with Crippen LogP contribution in [0.1, 0.15) is 30.3 Å². The number of hydrogen-bond donors (Lipinski definition) is 1. The molecule has 2 saturated heterocycles. The maximum atomic E-state index is 11.1. The minimum Gasteiger partial charge on any atom is -0.365 e. The molecule has 0 radical (unpaired) electrons. The number of nitrogens with zero attached hydrogens (tertiary/aromatic N) is 5. The number of aryl methyl sites for hydroxylation is 1. The van der Waals surface area contributed by atoms with Crippen molar-refractivity contribution in [1.82, 2.24) is 30.0 Å². The maximum absolute atomic E-state index is 11.1. The first-order chi connectivity index (χ1) is 11.7. The Labute approximate surface area is 140 Å². The number of piperidine rings is 1. The van der Waals surface area contributed by atoms with Crippen molar-refractivity contribution < 1.29 is 9.53 Å². The second-order valence-corrected chi connectivity index (χ2v) is 6.61. The molecule has 4 heterocycles. The predicted molar refractivity (Wildman–Crippen MR) is 86.7 cm³/mol. The second-order valence-electron chi connectivity index (χ2n) is 6.61. The van der Waals surface area contributed by atoms with Crippen LogP contribution in [0, 0.1) is 6.92 Å². The van der Waals surface area contributed by atoms with E-state index in [0.717, 1.165) is 49.6 Å². The number of nitrogens with one attached hydrogen (secondary N) is 1. The van der Waals surface area contributed by atoms with Gasteiger partial charge in [-0.1, -0.05) is 0 Å². The molecule has 24 heavy (non-hydrogen) atoms. The van der Waals surface area contributed by atoms with Gasteiger partial charge in [0.15, 0.2) is 11.5 Å². The molecule has 0 saturated carbocycles. The molecule has 2 aliphatic heterocycles. The monoisotopic (exact) mass is 330 g/mol. The Morgan fingerprint density at radius 3 is 2.88 bits per heavy atom. The summed E-state index contributed by atoms with van der Waals surface area (Å²) in [6.07, 6.45) is 2.17. The van der Waals surface area contributed by atoms with Crippen LogP contribution in [0.5, 0.6) is 0 Å². The average molecular weight is 330 g/mol. The van der Waals surface area contributed by atoms with Crippen molar-refractivity contribution in [2.75, 3.05) is 32.8 Å². The summed E-state index contributed by atoms with van der Waals surface area (Å²) >= 11 is 0. The highest BCUT2D eigenvalue weighted by Crippen LogP contribution is 2.27. The molecule has 0 bridgehead atoms. The molecule has 1 N–H and O–H groups in total. The number of morpholine rings is 1. The number of carbonyl (C=O) groups excluding carboxylic acids is 1. The third-order valence-electron chi connectivity index (χ3n) is 4.81. The van der Waals surface area contributed by atoms with Crippen LogP contribution in [0.15, 0.2) is 12.1 Å². The third-order valence-corrected chi connectivity index (χ3v) is 4.81. The molecule has 2 aromatic heterocycles. The van der Waals surface area contributed by atoms with Crippen molar-refractivity contribution in [3.05, 3.63) is 23.7 Å². The van der Waals surface area contributed by atoms with Crippen molar-refractivity contribution in [1.29, 1.82) is 0 Å². The number of likely N-dealkylation sites (tertiary alicyclic amines) is 1. The van der Waals surface area contributed by atoms with Crippen molar-refractivity contribution >= 4 is 11.6 Å². The van der Waals surface area contributed by atoms with E-state index in [1.165, 1.54) is 0 Å². The number of hydrogen-bond acceptors (Lipinski definition) is 6. The number of ether oxygens (including phenoxy) is 1. The number of carbonyl (C=O) groups is 1. The van der Waals surface area contributed by atoms with Gasteiger partial charge < -0.3 is 15.0 Å². The van der Waals surface area contributed by atoms with Gasteiger partial charge in [-0.2, -0.15) is 9.61 Å². The Hall–Kier alpha value is -2.06. The van der Waals surface area contributed by atoms with E-state index < -0.39 is 0 Å². The molecule has 128 valence electrons. The van der Waals surface area contributed by atoms with Gasteiger partial charge in [0.2, 0.25) is 5.91 Å². The number of fused-ring (bicyclic) bond motifs is 1. The van der Waals surface area contributed by atoms with Crippen LogP contribution >= 0.6 is 0 Å². The Kier molecular flexibility index (Phi) is 4.15. The highest BCUT2D eigenvalue weighted by molar-refractivity contribution is 5.77. The molecule has 8 nitrogen and oxygen atoms in total. The largest absolute Gasteiger partial charge is 0.365 e. The summed E-state index contributed by atoms with van der Waals surface area (Å²) < 4.78 is 7.46. The standard InChI is InChI=1S/C16H22N6O2/c1-11-2-3-14-18-19-16(22(14)20-11)12-4-6-21(7-5-12)9-13-8-17-15(23)10-24-13/h2-3,12-13H,4-10H2,1H3,(H,17,23). The zero-order valence-corrected chi connectivity index (χ0v) is 13.8. The highest BCUT2D eigenvalue weighted by atomic mass is 16.5. The second kappa shape index (κ2) is 6.45. The molecule has 2 aromatic rings. The van der Waals surface area contributed by atoms with Crippen LogP contribution in [0.2, 0.25) is 0 Å². The summed E-state index contributed by atoms with van der Waals surface area (Å²) in [5.41, 5.74) is 1.78. The molecule has 1 atom stereocenters. The fraction of sp³-hybridized carbons (Fsp3) is 0.625. The van der Waals surface area contributed by atoms with E-state index >= 15 is 0 Å². The fourth-order valence-electron chi connectivity index (χ4n) is 3.46. The van der Waals surface area contributed by atoms with Gasteiger partial charge in [0, 0.05) is 19.0 Å². The minimum atomic E-state index is -0.0218. The summed E-state index contributed by atoms with van der Waals surface area (Å²) in [7, 11) is 0. The zero-order chi connectivity index (χ0) is 16.5. The van der Waals surface area contributed by atoms with E-state index in [1.54, 1.807) is 0 Å². The van der Waals surface area contributed by atoms with Crippen molar-refractivity contribution in [3.8, 4) is 0 Å². The summed E-state index contributed by atoms with van der Waals surface area (Å²) in [6.45, 7) is 5.63. The molecule has 0 aromatic carbocycles. The smallest absolute Gasteiger partial charge is 0.246 e. The topological polar surface area (TPSA) is 84.7 Å². The quantitative estimate of drug-likeness (QED) is 0.861. The molecule has 8 heteroatoms. The summed E-state index contributed by atoms with van der Waals surface area (Å²) in [5.74, 6) is 1.33. The Balaban J connectivity index is 1.37. The molecular formula is C16H22N6O2. The average Bonchev–Trinajstić information content (AvgIpc) is 3.01. The van der Waals surface area contributed by atoms with Gasteiger partial charge in [0.25, 0.3) is 0 Å². The van der Waals surface area contributed by atoms with E-state index in [9.17, 15) is 4.79 Å². The first-order valence-electron chi connectivity index (χ1n) is 8.48. The van der Waals surface area contributed by atoms with E-state index in [0.29, 0.717) is 12.5 Å². The predicted octanol–water partition coefficient (Wildman–Crippen LogP) is 0.127. The van der Waals surface area contributed by atoms with Gasteiger partial charge in [-0.15, -0.1) is 10.2 Å². The zero-order valence-electron chi connectivity index (χ0n) is 13.8. The molecule has 1 unspecified atom stereocenters. The number of amides is 1. The minimum absolute atomic E-state index is 0.0218. The first-order valence-corrected chi connectivity index (χ1v) is 8.48. The van der Waals surface area contributed by atoms with Crippen molar-refractivity contribution in [2.24, 2.45) is 0 Å². The van der Waals surface area contributed by atoms with Gasteiger partial charge in [-0.3, -0.25) is 4.79 Å². The molecule has 2 aliphatic rings. The Bertz CT molecular complexity index is 727. The van der Waals surface area contributed by atoms with Gasteiger partial charge in [0.1, 0.15) is 6.61 Å². The van der Waals surface area contributed by atoms with Crippen molar-refractivity contribution in [3.63, 3.8) is 0 Å². The Morgan fingerprint density at radius 2 is 2.12 bits per heavy atom. The van der Waals surface area contributed by atoms with Crippen LogP contribution in [0.3, 0.4) is 0 Å². The summed E-state index contributed by atoms with van der Waals surface area (Å²) in [5, 5.41) is 16.0. The molecule has 2 fully saturated rings. The van der Waals surface area contributed by atoms with Crippen LogP contribution in [-0.2, 0) is 9.53 Å². The SMILES string of the molecule is Cc1ccc2nnc(C3CCN(CC4CNC(=O)CO4)CC3)n2n1. The molecule has 1 amide bonds. The lowest BCUT2D eigenvalue weighted by Gasteiger charge is -2.34. The van der Waals surface area contributed by atoms with E-state index in [-0.39, 0.29) is 18.6 Å². The molecule has 0 aliphatic carbocycles. The summed E-state index contributed by atoms with van der Waals surface area (Å²) in [6, 6.07) is 3.92. The van der Waals surface area contributed by atoms with Crippen LogP contribution < -0.4 is 5.32 Å². The Morgan fingerprint density at radius 1 is 1.29 bits per heavy atom. The highest BCUT2D eigenvalue weighted by Gasteiger charge is 2.27. The number of aromatic nitrogens is 4. The van der Waals surface area contributed by atoms with Crippen LogP contribution in [0.25, 0.3) is 5.65 Å². The van der Waals surface area contributed by atoms with E-state index in [2.05, 4.69) is 25.5 Å². The van der Waals surface area contributed by atoms with Crippen LogP contribution in [0.4, 0.5) is 0 Å². The summed E-state index contributed by atoms with van der Waals surface area (Å²) in [4.78, 5) is 13.5. The van der Waals surface area contributed by atoms with Gasteiger partial charge in [-0.25, -0.2) is 0 Å². The number of rotatable bonds is 3.